The molecule has 4 nitrogen and oxygen atoms in total. The molecule has 22 heavy (non-hydrogen) atoms. The Balaban J connectivity index is 1.68. The summed E-state index contributed by atoms with van der Waals surface area (Å²) in [6.07, 6.45) is 3.34. The maximum atomic E-state index is 12.0. The van der Waals surface area contributed by atoms with E-state index in [1.165, 1.54) is 6.08 Å². The van der Waals surface area contributed by atoms with E-state index in [1.54, 1.807) is 18.2 Å². The van der Waals surface area contributed by atoms with Crippen molar-refractivity contribution in [3.8, 4) is 11.5 Å². The minimum atomic E-state index is -0.181. The second kappa shape index (κ2) is 6.35. The molecule has 1 aliphatic rings. The zero-order chi connectivity index (χ0) is 15.4. The van der Waals surface area contributed by atoms with Crippen LogP contribution in [0.25, 0.3) is 6.08 Å². The molecule has 0 spiro atoms. The predicted molar refractivity (Wildman–Crippen MR) is 86.3 cm³/mol. The standard InChI is InChI=1S/C18H17NO3/c1-13-4-2-3-5-14(13)6-9-18(20)19-15-7-8-16-17(12-15)22-11-10-21-16/h2-9,12H,10-11H2,1H3,(H,19,20)/b9-6+. The van der Waals surface area contributed by atoms with Gasteiger partial charge in [0.1, 0.15) is 13.2 Å². The Morgan fingerprint density at radius 2 is 1.86 bits per heavy atom. The molecule has 0 bridgehead atoms. The van der Waals surface area contributed by atoms with E-state index in [2.05, 4.69) is 5.32 Å². The van der Waals surface area contributed by atoms with Gasteiger partial charge in [0, 0.05) is 17.8 Å². The number of nitrogens with one attached hydrogen (secondary N) is 1. The van der Waals surface area contributed by atoms with Gasteiger partial charge in [-0.3, -0.25) is 4.79 Å². The molecule has 0 fully saturated rings. The number of rotatable bonds is 3. The number of hydrogen-bond donors (Lipinski definition) is 1. The fourth-order valence-corrected chi connectivity index (χ4v) is 2.24. The van der Waals surface area contributed by atoms with Crippen LogP contribution in [0.1, 0.15) is 11.1 Å². The van der Waals surface area contributed by atoms with Crippen LogP contribution in [-0.2, 0) is 4.79 Å². The van der Waals surface area contributed by atoms with Crippen molar-refractivity contribution in [2.75, 3.05) is 18.5 Å². The van der Waals surface area contributed by atoms with Crippen molar-refractivity contribution < 1.29 is 14.3 Å². The topological polar surface area (TPSA) is 47.6 Å². The first-order chi connectivity index (χ1) is 10.7. The first kappa shape index (κ1) is 14.2. The molecule has 0 aliphatic carbocycles. The number of fused-ring (bicyclic) bond motifs is 1. The Kier molecular flexibility index (Phi) is 4.10. The predicted octanol–water partition coefficient (Wildman–Crippen LogP) is 3.42. The molecule has 0 saturated heterocycles. The highest BCUT2D eigenvalue weighted by molar-refractivity contribution is 6.02. The molecular formula is C18H17NO3. The lowest BCUT2D eigenvalue weighted by Gasteiger charge is -2.18. The van der Waals surface area contributed by atoms with Crippen LogP contribution in [0.3, 0.4) is 0 Å². The van der Waals surface area contributed by atoms with Gasteiger partial charge in [-0.2, -0.15) is 0 Å². The minimum absolute atomic E-state index is 0.181. The third-order valence-electron chi connectivity index (χ3n) is 3.41. The largest absolute Gasteiger partial charge is 0.486 e. The summed E-state index contributed by atoms with van der Waals surface area (Å²) in [5.41, 5.74) is 2.84. The number of carbonyl (C=O) groups excluding carboxylic acids is 1. The molecule has 0 aromatic heterocycles. The summed E-state index contributed by atoms with van der Waals surface area (Å²) in [7, 11) is 0. The third-order valence-corrected chi connectivity index (χ3v) is 3.41. The van der Waals surface area contributed by atoms with Gasteiger partial charge in [-0.15, -0.1) is 0 Å². The maximum Gasteiger partial charge on any atom is 0.248 e. The zero-order valence-corrected chi connectivity index (χ0v) is 12.3. The monoisotopic (exact) mass is 295 g/mol. The fraction of sp³-hybridized carbons (Fsp3) is 0.167. The van der Waals surface area contributed by atoms with Crippen molar-refractivity contribution in [1.29, 1.82) is 0 Å². The number of hydrogen-bond acceptors (Lipinski definition) is 3. The van der Waals surface area contributed by atoms with Crippen molar-refractivity contribution in [1.82, 2.24) is 0 Å². The van der Waals surface area contributed by atoms with Gasteiger partial charge < -0.3 is 14.8 Å². The summed E-state index contributed by atoms with van der Waals surface area (Å²) in [6, 6.07) is 13.3. The second-order valence-electron chi connectivity index (χ2n) is 5.04. The summed E-state index contributed by atoms with van der Waals surface area (Å²) in [5.74, 6) is 1.19. The summed E-state index contributed by atoms with van der Waals surface area (Å²) in [5, 5.41) is 2.82. The fourth-order valence-electron chi connectivity index (χ4n) is 2.24. The van der Waals surface area contributed by atoms with Crippen LogP contribution >= 0.6 is 0 Å². The summed E-state index contributed by atoms with van der Waals surface area (Å²) >= 11 is 0. The molecule has 0 radical (unpaired) electrons. The van der Waals surface area contributed by atoms with Crippen LogP contribution < -0.4 is 14.8 Å². The van der Waals surface area contributed by atoms with Crippen molar-refractivity contribution >= 4 is 17.7 Å². The van der Waals surface area contributed by atoms with E-state index in [0.717, 1.165) is 11.1 Å². The molecule has 1 N–H and O–H groups in total. The van der Waals surface area contributed by atoms with Crippen molar-refractivity contribution in [2.45, 2.75) is 6.92 Å². The highest BCUT2D eigenvalue weighted by Crippen LogP contribution is 2.32. The minimum Gasteiger partial charge on any atom is -0.486 e. The van der Waals surface area contributed by atoms with Gasteiger partial charge >= 0.3 is 0 Å². The van der Waals surface area contributed by atoms with Crippen molar-refractivity contribution in [3.63, 3.8) is 0 Å². The number of aryl methyl sites for hydroxylation is 1. The average molecular weight is 295 g/mol. The highest BCUT2D eigenvalue weighted by atomic mass is 16.6. The highest BCUT2D eigenvalue weighted by Gasteiger charge is 2.12. The first-order valence-corrected chi connectivity index (χ1v) is 7.17. The van der Waals surface area contributed by atoms with Gasteiger partial charge in [-0.1, -0.05) is 24.3 Å². The van der Waals surface area contributed by atoms with E-state index in [0.29, 0.717) is 30.4 Å². The average Bonchev–Trinajstić information content (AvgIpc) is 2.54. The Morgan fingerprint density at radius 3 is 2.68 bits per heavy atom. The SMILES string of the molecule is Cc1ccccc1/C=C/C(=O)Nc1ccc2c(c1)OCCO2. The summed E-state index contributed by atoms with van der Waals surface area (Å²) in [6.45, 7) is 3.09. The number of amides is 1. The molecule has 2 aromatic rings. The summed E-state index contributed by atoms with van der Waals surface area (Å²) in [4.78, 5) is 12.0. The number of benzene rings is 2. The van der Waals surface area contributed by atoms with Gasteiger partial charge in [0.25, 0.3) is 0 Å². The lowest BCUT2D eigenvalue weighted by atomic mass is 10.1. The molecule has 1 heterocycles. The second-order valence-corrected chi connectivity index (χ2v) is 5.04. The van der Waals surface area contributed by atoms with Gasteiger partial charge in [-0.05, 0) is 36.3 Å². The zero-order valence-electron chi connectivity index (χ0n) is 12.3. The van der Waals surface area contributed by atoms with Gasteiger partial charge in [0.15, 0.2) is 11.5 Å². The number of ether oxygens (including phenoxy) is 2. The molecule has 4 heteroatoms. The third kappa shape index (κ3) is 3.28. The van der Waals surface area contributed by atoms with E-state index < -0.39 is 0 Å². The van der Waals surface area contributed by atoms with Gasteiger partial charge in [-0.25, -0.2) is 0 Å². The Bertz CT molecular complexity index is 722. The van der Waals surface area contributed by atoms with E-state index in [4.69, 9.17) is 9.47 Å². The number of carbonyl (C=O) groups is 1. The molecule has 3 rings (SSSR count). The molecule has 1 amide bonds. The van der Waals surface area contributed by atoms with E-state index in [1.807, 2.05) is 37.3 Å². The maximum absolute atomic E-state index is 12.0. The molecule has 2 aromatic carbocycles. The quantitative estimate of drug-likeness (QED) is 0.883. The normalized spacial score (nSPS) is 13.1. The molecule has 0 atom stereocenters. The van der Waals surface area contributed by atoms with Gasteiger partial charge in [0.2, 0.25) is 5.91 Å². The first-order valence-electron chi connectivity index (χ1n) is 7.17. The Labute approximate surface area is 129 Å². The van der Waals surface area contributed by atoms with E-state index in [9.17, 15) is 4.79 Å². The van der Waals surface area contributed by atoms with Crippen LogP contribution in [0.4, 0.5) is 5.69 Å². The van der Waals surface area contributed by atoms with Crippen LogP contribution in [0.5, 0.6) is 11.5 Å². The molecular weight excluding hydrogens is 278 g/mol. The smallest absolute Gasteiger partial charge is 0.248 e. The van der Waals surface area contributed by atoms with Crippen LogP contribution in [0.15, 0.2) is 48.5 Å². The van der Waals surface area contributed by atoms with Crippen molar-refractivity contribution in [3.05, 3.63) is 59.7 Å². The van der Waals surface area contributed by atoms with Crippen LogP contribution in [-0.4, -0.2) is 19.1 Å². The molecule has 1 aliphatic heterocycles. The van der Waals surface area contributed by atoms with Crippen LogP contribution in [0, 0.1) is 6.92 Å². The van der Waals surface area contributed by atoms with Crippen molar-refractivity contribution in [2.24, 2.45) is 0 Å². The lowest BCUT2D eigenvalue weighted by Crippen LogP contribution is -2.16. The number of anilines is 1. The molecule has 0 saturated carbocycles. The van der Waals surface area contributed by atoms with E-state index >= 15 is 0 Å². The molecule has 0 unspecified atom stereocenters. The Morgan fingerprint density at radius 1 is 1.09 bits per heavy atom. The Hall–Kier alpha value is -2.75. The lowest BCUT2D eigenvalue weighted by molar-refractivity contribution is -0.111. The van der Waals surface area contributed by atoms with Crippen LogP contribution in [0.2, 0.25) is 0 Å². The summed E-state index contributed by atoms with van der Waals surface area (Å²) < 4.78 is 10.9. The molecule has 112 valence electrons. The van der Waals surface area contributed by atoms with E-state index in [-0.39, 0.29) is 5.91 Å². The van der Waals surface area contributed by atoms with Gasteiger partial charge in [0.05, 0.1) is 0 Å².